The van der Waals surface area contributed by atoms with E-state index >= 15 is 0 Å². The molecule has 0 aromatic carbocycles. The van der Waals surface area contributed by atoms with Gasteiger partial charge >= 0.3 is 11.9 Å². The van der Waals surface area contributed by atoms with Crippen molar-refractivity contribution in [1.82, 2.24) is 0 Å². The third-order valence-corrected chi connectivity index (χ3v) is 1.65. The summed E-state index contributed by atoms with van der Waals surface area (Å²) in [6.07, 6.45) is -2.91. The van der Waals surface area contributed by atoms with Crippen molar-refractivity contribution in [3.8, 4) is 0 Å². The van der Waals surface area contributed by atoms with Crippen molar-refractivity contribution in [2.45, 2.75) is 18.9 Å². The molecule has 1 atom stereocenters. The highest BCUT2D eigenvalue weighted by Gasteiger charge is 2.23. The van der Waals surface area contributed by atoms with Crippen LogP contribution in [0.25, 0.3) is 0 Å². The van der Waals surface area contributed by atoms with E-state index in [1.807, 2.05) is 0 Å². The molecule has 0 unspecified atom stereocenters. The number of nitrogens with zero attached hydrogens (tertiary/aromatic N) is 1. The van der Waals surface area contributed by atoms with E-state index in [9.17, 15) is 19.5 Å². The predicted octanol–water partition coefficient (Wildman–Crippen LogP) is -1.78. The maximum Gasteiger partial charge on any atom is 0.317 e. The van der Waals surface area contributed by atoms with Gasteiger partial charge in [-0.05, 0) is 0 Å². The molecule has 0 heterocycles. The van der Waals surface area contributed by atoms with Gasteiger partial charge in [-0.1, -0.05) is 0 Å². The van der Waals surface area contributed by atoms with Gasteiger partial charge in [-0.25, -0.2) is 0 Å². The molecule has 0 spiro atoms. The first kappa shape index (κ1) is 10.5. The lowest BCUT2D eigenvalue weighted by Gasteiger charge is -2.29. The third-order valence-electron chi connectivity index (χ3n) is 1.65. The minimum absolute atomic E-state index is 0.310. The molecule has 0 bridgehead atoms. The summed E-state index contributed by atoms with van der Waals surface area (Å²) in [7, 11) is 2.64. The molecule has 1 N–H and O–H groups in total. The minimum Gasteiger partial charge on any atom is -0.550 e. The standard InChI is InChI=1S/C10H17NO6/c1-11(2,3)6-7(4-8(12)13)17-10(16)5-9(14)15/h7H,4-6H2,1-3H3,(H-,12,13,14,15)/t7-/m1/s1/i1D3. The average Bonchev–Trinajstić information content (AvgIpc) is 2.10. The molecule has 0 saturated carbocycles. The summed E-state index contributed by atoms with van der Waals surface area (Å²) >= 11 is 0. The SMILES string of the molecule is [2H]C([2H])([2H])[N+](C)(C)C[C@@H](CC(=O)[O-])OC(=O)CC(=O)O. The Balaban J connectivity index is 4.86. The molecule has 0 aromatic rings. The van der Waals surface area contributed by atoms with E-state index in [2.05, 4.69) is 0 Å². The number of ether oxygens (including phenoxy) is 1. The number of quaternary nitrogens is 1. The van der Waals surface area contributed by atoms with E-state index in [0.717, 1.165) is 0 Å². The van der Waals surface area contributed by atoms with Crippen LogP contribution in [0, 0.1) is 0 Å². The Bertz CT molecular complexity index is 393. The summed E-state index contributed by atoms with van der Waals surface area (Å²) in [5, 5.41) is 19.0. The van der Waals surface area contributed by atoms with Gasteiger partial charge in [-0.2, -0.15) is 0 Å². The van der Waals surface area contributed by atoms with E-state index in [0.29, 0.717) is 0 Å². The Morgan fingerprint density at radius 1 is 1.47 bits per heavy atom. The number of carbonyl (C=O) groups is 3. The van der Waals surface area contributed by atoms with Gasteiger partial charge in [-0.3, -0.25) is 9.59 Å². The van der Waals surface area contributed by atoms with Gasteiger partial charge in [-0.15, -0.1) is 0 Å². The van der Waals surface area contributed by atoms with Gasteiger partial charge in [0.15, 0.2) is 6.10 Å². The number of likely N-dealkylation sites (N-methyl/N-ethyl adjacent to an activating group) is 1. The smallest absolute Gasteiger partial charge is 0.317 e. The molecule has 7 nitrogen and oxygen atoms in total. The van der Waals surface area contributed by atoms with Crippen molar-refractivity contribution < 1.29 is 37.9 Å². The van der Waals surface area contributed by atoms with E-state index < -0.39 is 48.3 Å². The van der Waals surface area contributed by atoms with E-state index in [-0.39, 0.29) is 6.54 Å². The number of carboxylic acid groups (broad SMARTS) is 2. The Hall–Kier alpha value is -1.63. The van der Waals surface area contributed by atoms with Crippen LogP contribution in [0.2, 0.25) is 0 Å². The van der Waals surface area contributed by atoms with Crippen LogP contribution >= 0.6 is 0 Å². The number of aliphatic carboxylic acids is 2. The maximum absolute atomic E-state index is 11.2. The predicted molar refractivity (Wildman–Crippen MR) is 54.7 cm³/mol. The zero-order valence-electron chi connectivity index (χ0n) is 12.6. The van der Waals surface area contributed by atoms with Gasteiger partial charge in [0.2, 0.25) is 0 Å². The summed E-state index contributed by atoms with van der Waals surface area (Å²) in [5.41, 5.74) is 0. The summed E-state index contributed by atoms with van der Waals surface area (Å²) in [6, 6.07) is 0. The fraction of sp³-hybridized carbons (Fsp3) is 0.700. The zero-order valence-corrected chi connectivity index (χ0v) is 9.63. The van der Waals surface area contributed by atoms with Gasteiger partial charge in [0.1, 0.15) is 13.0 Å². The Labute approximate surface area is 103 Å². The first-order valence-corrected chi connectivity index (χ1v) is 4.79. The van der Waals surface area contributed by atoms with E-state index in [1.54, 1.807) is 0 Å². The van der Waals surface area contributed by atoms with Gasteiger partial charge in [0.05, 0.1) is 25.2 Å². The molecule has 0 aliphatic carbocycles. The van der Waals surface area contributed by atoms with E-state index in [4.69, 9.17) is 14.0 Å². The summed E-state index contributed by atoms with van der Waals surface area (Å²) in [4.78, 5) is 32.1. The lowest BCUT2D eigenvalue weighted by molar-refractivity contribution is -0.873. The maximum atomic E-state index is 11.2. The normalized spacial score (nSPS) is 16.2. The molecular weight excluding hydrogens is 230 g/mol. The van der Waals surface area contributed by atoms with Gasteiger partial charge < -0.3 is 24.2 Å². The van der Waals surface area contributed by atoms with Crippen LogP contribution in [0.3, 0.4) is 0 Å². The highest BCUT2D eigenvalue weighted by atomic mass is 16.5. The van der Waals surface area contributed by atoms with Crippen molar-refractivity contribution in [2.24, 2.45) is 0 Å². The summed E-state index contributed by atoms with van der Waals surface area (Å²) < 4.78 is 26.0. The van der Waals surface area contributed by atoms with Crippen molar-refractivity contribution in [1.29, 1.82) is 0 Å². The lowest BCUT2D eigenvalue weighted by atomic mass is 10.2. The van der Waals surface area contributed by atoms with Crippen LogP contribution < -0.4 is 5.11 Å². The highest BCUT2D eigenvalue weighted by molar-refractivity contribution is 5.90. The molecule has 7 heteroatoms. The molecule has 0 saturated heterocycles. The Kier molecular flexibility index (Phi) is 3.83. The second-order valence-electron chi connectivity index (χ2n) is 4.13. The number of carbonyl (C=O) groups excluding carboxylic acids is 2. The Morgan fingerprint density at radius 2 is 2.06 bits per heavy atom. The van der Waals surface area contributed by atoms with Crippen molar-refractivity contribution in [2.75, 3.05) is 27.6 Å². The largest absolute Gasteiger partial charge is 0.550 e. The van der Waals surface area contributed by atoms with Crippen molar-refractivity contribution in [3.63, 3.8) is 0 Å². The second kappa shape index (κ2) is 6.19. The summed E-state index contributed by atoms with van der Waals surface area (Å²) in [6.45, 7) is -2.75. The number of esters is 1. The molecular formula is C10H17NO6. The van der Waals surface area contributed by atoms with E-state index in [1.165, 1.54) is 14.1 Å². The fourth-order valence-electron chi connectivity index (χ4n) is 1.19. The van der Waals surface area contributed by atoms with Crippen molar-refractivity contribution >= 4 is 17.9 Å². The molecule has 0 aliphatic heterocycles. The molecule has 98 valence electrons. The molecule has 0 aromatic heterocycles. The molecule has 0 amide bonds. The average molecular weight is 250 g/mol. The Morgan fingerprint density at radius 3 is 2.47 bits per heavy atom. The molecule has 0 fully saturated rings. The van der Waals surface area contributed by atoms with Crippen LogP contribution in [-0.2, 0) is 19.1 Å². The molecule has 17 heavy (non-hydrogen) atoms. The van der Waals surface area contributed by atoms with Crippen LogP contribution in [0.4, 0.5) is 0 Å². The van der Waals surface area contributed by atoms with Crippen LogP contribution in [0.15, 0.2) is 0 Å². The minimum atomic E-state index is -2.44. The molecule has 0 rings (SSSR count). The van der Waals surface area contributed by atoms with Gasteiger partial charge in [0.25, 0.3) is 0 Å². The van der Waals surface area contributed by atoms with Crippen LogP contribution in [-0.4, -0.2) is 61.2 Å². The first-order chi connectivity index (χ1) is 8.85. The van der Waals surface area contributed by atoms with Crippen LogP contribution in [0.5, 0.6) is 0 Å². The third kappa shape index (κ3) is 9.31. The van der Waals surface area contributed by atoms with Crippen molar-refractivity contribution in [3.05, 3.63) is 0 Å². The summed E-state index contributed by atoms with van der Waals surface area (Å²) in [5.74, 6) is -4.08. The molecule has 0 aliphatic rings. The van der Waals surface area contributed by atoms with Gasteiger partial charge in [0, 0.05) is 12.4 Å². The van der Waals surface area contributed by atoms with Crippen LogP contribution in [0.1, 0.15) is 17.0 Å². The molecule has 0 radical (unpaired) electrons. The number of hydrogen-bond donors (Lipinski definition) is 1. The monoisotopic (exact) mass is 250 g/mol. The topological polar surface area (TPSA) is 104 Å². The number of rotatable bonds is 7. The number of carboxylic acids is 2. The second-order valence-corrected chi connectivity index (χ2v) is 4.13. The first-order valence-electron chi connectivity index (χ1n) is 6.29. The number of hydrogen-bond acceptors (Lipinski definition) is 5. The lowest BCUT2D eigenvalue weighted by Crippen LogP contribution is -2.45. The quantitative estimate of drug-likeness (QED) is 0.325. The fourth-order valence-corrected chi connectivity index (χ4v) is 1.19. The highest BCUT2D eigenvalue weighted by Crippen LogP contribution is 2.05. The zero-order chi connectivity index (χ0) is 16.1.